The van der Waals surface area contributed by atoms with Gasteiger partial charge in [0.15, 0.2) is 5.12 Å². The number of thioether (sulfide) groups is 2. The van der Waals surface area contributed by atoms with E-state index in [1.54, 1.807) is 18.7 Å². The minimum absolute atomic E-state index is 0.0774. The minimum Gasteiger partial charge on any atom is -0.307 e. The molecule has 3 rings (SSSR count). The molecule has 0 fully saturated rings. The number of carbonyl (C=O) groups excluding carboxylic acids is 1. The lowest BCUT2D eigenvalue weighted by atomic mass is 10.1. The summed E-state index contributed by atoms with van der Waals surface area (Å²) in [6.45, 7) is 2.12. The first-order valence-electron chi connectivity index (χ1n) is 7.14. The Morgan fingerprint density at radius 1 is 1.27 bits per heavy atom. The molecule has 0 bridgehead atoms. The third-order valence-electron chi connectivity index (χ3n) is 3.69. The van der Waals surface area contributed by atoms with E-state index in [1.807, 2.05) is 34.9 Å². The van der Waals surface area contributed by atoms with Crippen LogP contribution in [0.1, 0.15) is 29.3 Å². The van der Waals surface area contributed by atoms with Crippen molar-refractivity contribution < 1.29 is 4.79 Å². The van der Waals surface area contributed by atoms with Gasteiger partial charge in [0, 0.05) is 35.4 Å². The summed E-state index contributed by atoms with van der Waals surface area (Å²) in [4.78, 5) is 24.1. The van der Waals surface area contributed by atoms with Crippen molar-refractivity contribution in [3.05, 3.63) is 69.1 Å². The number of benzene rings is 1. The molecular formula is C17H17NO2S2. The predicted octanol–water partition coefficient (Wildman–Crippen LogP) is 3.42. The molecule has 1 aliphatic rings. The highest BCUT2D eigenvalue weighted by Gasteiger charge is 2.19. The monoisotopic (exact) mass is 331 g/mol. The summed E-state index contributed by atoms with van der Waals surface area (Å²) in [7, 11) is 0. The normalized spacial score (nSPS) is 13.1. The summed E-state index contributed by atoms with van der Waals surface area (Å²) in [6, 6.07) is 12.1. The summed E-state index contributed by atoms with van der Waals surface area (Å²) < 4.78 is 1.83. The van der Waals surface area contributed by atoms with Crippen LogP contribution in [0.5, 0.6) is 0 Å². The first-order valence-corrected chi connectivity index (χ1v) is 9.28. The molecule has 2 heterocycles. The van der Waals surface area contributed by atoms with Gasteiger partial charge in [0.05, 0.1) is 6.54 Å². The maximum Gasteiger partial charge on any atom is 0.255 e. The Hall–Kier alpha value is -1.46. The number of rotatable bonds is 4. The topological polar surface area (TPSA) is 39.1 Å². The summed E-state index contributed by atoms with van der Waals surface area (Å²) >= 11 is 3.04. The van der Waals surface area contributed by atoms with Crippen molar-refractivity contribution in [3.8, 4) is 0 Å². The average Bonchev–Trinajstić information content (AvgIpc) is 2.98. The van der Waals surface area contributed by atoms with E-state index in [2.05, 4.69) is 6.07 Å². The highest BCUT2D eigenvalue weighted by Crippen LogP contribution is 2.29. The van der Waals surface area contributed by atoms with Crippen LogP contribution in [-0.4, -0.2) is 9.68 Å². The van der Waals surface area contributed by atoms with Gasteiger partial charge in [0.1, 0.15) is 0 Å². The van der Waals surface area contributed by atoms with Crippen molar-refractivity contribution in [2.45, 2.75) is 30.7 Å². The van der Waals surface area contributed by atoms with Gasteiger partial charge in [-0.15, -0.1) is 0 Å². The Labute approximate surface area is 138 Å². The van der Waals surface area contributed by atoms with Crippen LogP contribution in [0, 0.1) is 0 Å². The van der Waals surface area contributed by atoms with Crippen molar-refractivity contribution in [3.63, 3.8) is 0 Å². The minimum atomic E-state index is 0.0774. The second kappa shape index (κ2) is 6.75. The van der Waals surface area contributed by atoms with Crippen LogP contribution in [0.25, 0.3) is 0 Å². The maximum atomic E-state index is 12.8. The van der Waals surface area contributed by atoms with E-state index in [0.717, 1.165) is 33.9 Å². The molecule has 22 heavy (non-hydrogen) atoms. The summed E-state index contributed by atoms with van der Waals surface area (Å²) in [5.41, 5.74) is 4.21. The van der Waals surface area contributed by atoms with Crippen molar-refractivity contribution >= 4 is 28.6 Å². The maximum absolute atomic E-state index is 12.8. The van der Waals surface area contributed by atoms with Crippen molar-refractivity contribution in [1.82, 2.24) is 4.57 Å². The van der Waals surface area contributed by atoms with Gasteiger partial charge >= 0.3 is 0 Å². The molecule has 2 aromatic rings. The van der Waals surface area contributed by atoms with Gasteiger partial charge in [0.25, 0.3) is 5.56 Å². The van der Waals surface area contributed by atoms with Crippen LogP contribution in [0.4, 0.5) is 0 Å². The molecule has 0 atom stereocenters. The zero-order valence-corrected chi connectivity index (χ0v) is 14.0. The first-order chi connectivity index (χ1) is 10.6. The smallest absolute Gasteiger partial charge is 0.255 e. The highest BCUT2D eigenvalue weighted by molar-refractivity contribution is 8.12. The molecule has 1 aliphatic heterocycles. The number of nitrogens with zero attached hydrogens (tertiary/aromatic N) is 1. The van der Waals surface area contributed by atoms with Crippen LogP contribution >= 0.6 is 23.5 Å². The number of aromatic nitrogens is 1. The Bertz CT molecular complexity index is 753. The lowest BCUT2D eigenvalue weighted by Gasteiger charge is -2.15. The second-order valence-corrected chi connectivity index (χ2v) is 7.43. The zero-order valence-electron chi connectivity index (χ0n) is 12.4. The van der Waals surface area contributed by atoms with Crippen LogP contribution in [0.2, 0.25) is 0 Å². The van der Waals surface area contributed by atoms with Gasteiger partial charge in [-0.1, -0.05) is 42.1 Å². The molecular weight excluding hydrogens is 314 g/mol. The standard InChI is InChI=1S/C17H17NO2S2/c1-12(19)22-10-15-7-14-9-21-11-16(14)17(20)18(15)8-13-5-3-2-4-6-13/h2-7H,8-11H2,1H3. The summed E-state index contributed by atoms with van der Waals surface area (Å²) in [6.07, 6.45) is 0. The number of hydrogen-bond donors (Lipinski definition) is 0. The molecule has 0 spiro atoms. The Balaban J connectivity index is 2.01. The molecule has 0 N–H and O–H groups in total. The van der Waals surface area contributed by atoms with E-state index in [4.69, 9.17) is 0 Å². The van der Waals surface area contributed by atoms with E-state index in [0.29, 0.717) is 12.3 Å². The Morgan fingerprint density at radius 3 is 2.77 bits per heavy atom. The van der Waals surface area contributed by atoms with Gasteiger partial charge in [-0.3, -0.25) is 9.59 Å². The average molecular weight is 331 g/mol. The fourth-order valence-corrected chi connectivity index (χ4v) is 4.26. The molecule has 0 radical (unpaired) electrons. The van der Waals surface area contributed by atoms with Gasteiger partial charge in [-0.05, 0) is 17.2 Å². The van der Waals surface area contributed by atoms with E-state index < -0.39 is 0 Å². The molecule has 0 aliphatic carbocycles. The van der Waals surface area contributed by atoms with E-state index >= 15 is 0 Å². The van der Waals surface area contributed by atoms with E-state index in [9.17, 15) is 9.59 Å². The summed E-state index contributed by atoms with van der Waals surface area (Å²) in [5.74, 6) is 2.24. The quantitative estimate of drug-likeness (QED) is 0.860. The van der Waals surface area contributed by atoms with Crippen LogP contribution in [0.3, 0.4) is 0 Å². The fraction of sp³-hybridized carbons (Fsp3) is 0.294. The predicted molar refractivity (Wildman–Crippen MR) is 93.2 cm³/mol. The Morgan fingerprint density at radius 2 is 2.05 bits per heavy atom. The van der Waals surface area contributed by atoms with Gasteiger partial charge in [-0.25, -0.2) is 0 Å². The first kappa shape index (κ1) is 15.4. The number of pyridine rings is 1. The molecule has 114 valence electrons. The SMILES string of the molecule is CC(=O)SCc1cc2c(c(=O)n1Cc1ccccc1)CSC2. The number of carbonyl (C=O) groups is 1. The summed E-state index contributed by atoms with van der Waals surface area (Å²) in [5, 5.41) is 0.0774. The third kappa shape index (κ3) is 3.31. The molecule has 0 unspecified atom stereocenters. The molecule has 3 nitrogen and oxygen atoms in total. The third-order valence-corrected chi connectivity index (χ3v) is 5.54. The zero-order chi connectivity index (χ0) is 15.5. The lowest BCUT2D eigenvalue weighted by molar-refractivity contribution is -0.109. The molecule has 1 aromatic carbocycles. The van der Waals surface area contributed by atoms with Crippen LogP contribution in [-0.2, 0) is 28.6 Å². The molecule has 1 aromatic heterocycles. The molecule has 5 heteroatoms. The highest BCUT2D eigenvalue weighted by atomic mass is 32.2. The molecule has 0 amide bonds. The number of fused-ring (bicyclic) bond motifs is 1. The van der Waals surface area contributed by atoms with Gasteiger partial charge in [-0.2, -0.15) is 11.8 Å². The van der Waals surface area contributed by atoms with Crippen molar-refractivity contribution in [2.24, 2.45) is 0 Å². The van der Waals surface area contributed by atoms with E-state index in [1.165, 1.54) is 11.8 Å². The molecule has 0 saturated carbocycles. The lowest BCUT2D eigenvalue weighted by Crippen LogP contribution is -2.27. The van der Waals surface area contributed by atoms with Gasteiger partial charge < -0.3 is 4.57 Å². The van der Waals surface area contributed by atoms with Crippen LogP contribution in [0.15, 0.2) is 41.2 Å². The second-order valence-electron chi connectivity index (χ2n) is 5.29. The fourth-order valence-electron chi connectivity index (χ4n) is 2.58. The molecule has 0 saturated heterocycles. The largest absolute Gasteiger partial charge is 0.307 e. The van der Waals surface area contributed by atoms with E-state index in [-0.39, 0.29) is 10.7 Å². The number of hydrogen-bond acceptors (Lipinski definition) is 4. The van der Waals surface area contributed by atoms with Gasteiger partial charge in [0.2, 0.25) is 0 Å². The Kier molecular flexibility index (Phi) is 4.74. The van der Waals surface area contributed by atoms with Crippen LogP contribution < -0.4 is 5.56 Å². The van der Waals surface area contributed by atoms with Crippen molar-refractivity contribution in [1.29, 1.82) is 0 Å². The van der Waals surface area contributed by atoms with Crippen molar-refractivity contribution in [2.75, 3.05) is 0 Å².